The minimum absolute atomic E-state index is 0.0174. The van der Waals surface area contributed by atoms with Crippen molar-refractivity contribution in [2.45, 2.75) is 0 Å². The molecule has 0 aliphatic heterocycles. The Morgan fingerprint density at radius 2 is 2.00 bits per heavy atom. The van der Waals surface area contributed by atoms with Crippen LogP contribution in [0.3, 0.4) is 0 Å². The van der Waals surface area contributed by atoms with Crippen LogP contribution in [0.15, 0.2) is 36.4 Å². The monoisotopic (exact) mass is 280 g/mol. The summed E-state index contributed by atoms with van der Waals surface area (Å²) in [5.41, 5.74) is 5.94. The number of carbonyl (C=O) groups excluding carboxylic acids is 1. The number of hydrogen-bond donors (Lipinski definition) is 3. The molecule has 2 aromatic rings. The lowest BCUT2D eigenvalue weighted by molar-refractivity contribution is 0.102. The van der Waals surface area contributed by atoms with Gasteiger partial charge in [-0.1, -0.05) is 11.6 Å². The van der Waals surface area contributed by atoms with Crippen LogP contribution >= 0.6 is 11.6 Å². The van der Waals surface area contributed by atoms with E-state index in [-0.39, 0.29) is 22.7 Å². The molecule has 0 heterocycles. The van der Waals surface area contributed by atoms with E-state index in [1.54, 1.807) is 0 Å². The van der Waals surface area contributed by atoms with Crippen molar-refractivity contribution in [2.24, 2.45) is 0 Å². The second kappa shape index (κ2) is 5.16. The number of aromatic hydroxyl groups is 1. The first-order valence-corrected chi connectivity index (χ1v) is 5.70. The number of amides is 1. The van der Waals surface area contributed by atoms with Crippen molar-refractivity contribution in [3.05, 3.63) is 52.8 Å². The third-order valence-electron chi connectivity index (χ3n) is 2.47. The van der Waals surface area contributed by atoms with Crippen molar-refractivity contribution in [1.82, 2.24) is 0 Å². The van der Waals surface area contributed by atoms with Gasteiger partial charge in [0, 0.05) is 5.02 Å². The molecule has 0 radical (unpaired) electrons. The third kappa shape index (κ3) is 2.95. The van der Waals surface area contributed by atoms with Gasteiger partial charge >= 0.3 is 0 Å². The van der Waals surface area contributed by atoms with E-state index in [4.69, 9.17) is 17.3 Å². The van der Waals surface area contributed by atoms with Crippen molar-refractivity contribution in [2.75, 3.05) is 11.1 Å². The Labute approximate surface area is 113 Å². The second-order valence-electron chi connectivity index (χ2n) is 3.85. The molecule has 1 amide bonds. The van der Waals surface area contributed by atoms with E-state index in [2.05, 4.69) is 5.32 Å². The zero-order chi connectivity index (χ0) is 14.0. The standard InChI is InChI=1S/C13H10ClFN2O2/c14-7-1-4-12(18)9(5-7)13(19)17-11-6-8(15)2-3-10(11)16/h1-6,18H,16H2,(H,17,19). The van der Waals surface area contributed by atoms with Gasteiger partial charge in [0.2, 0.25) is 0 Å². The van der Waals surface area contributed by atoms with Gasteiger partial charge in [-0.2, -0.15) is 0 Å². The number of phenolic OH excluding ortho intramolecular Hbond substituents is 1. The molecule has 4 nitrogen and oxygen atoms in total. The van der Waals surface area contributed by atoms with Crippen molar-refractivity contribution in [3.8, 4) is 5.75 Å². The first-order chi connectivity index (χ1) is 8.97. The summed E-state index contributed by atoms with van der Waals surface area (Å²) in [6, 6.07) is 7.66. The molecule has 0 unspecified atom stereocenters. The fourth-order valence-electron chi connectivity index (χ4n) is 1.52. The number of carbonyl (C=O) groups is 1. The second-order valence-corrected chi connectivity index (χ2v) is 4.28. The molecule has 0 saturated carbocycles. The maximum atomic E-state index is 13.1. The van der Waals surface area contributed by atoms with E-state index in [1.807, 2.05) is 0 Å². The summed E-state index contributed by atoms with van der Waals surface area (Å²) in [5, 5.41) is 12.3. The summed E-state index contributed by atoms with van der Waals surface area (Å²) in [7, 11) is 0. The predicted molar refractivity (Wildman–Crippen MR) is 71.9 cm³/mol. The molecule has 0 bridgehead atoms. The molecule has 0 atom stereocenters. The minimum Gasteiger partial charge on any atom is -0.507 e. The number of halogens is 2. The van der Waals surface area contributed by atoms with Crippen LogP contribution in [0.1, 0.15) is 10.4 Å². The van der Waals surface area contributed by atoms with E-state index in [0.29, 0.717) is 5.02 Å². The van der Waals surface area contributed by atoms with Crippen LogP contribution in [0.2, 0.25) is 5.02 Å². The van der Waals surface area contributed by atoms with Crippen molar-refractivity contribution in [3.63, 3.8) is 0 Å². The molecular formula is C13H10ClFN2O2. The number of phenols is 1. The van der Waals surface area contributed by atoms with E-state index >= 15 is 0 Å². The summed E-state index contributed by atoms with van der Waals surface area (Å²) in [5.74, 6) is -1.38. The highest BCUT2D eigenvalue weighted by Crippen LogP contribution is 2.24. The molecule has 0 spiro atoms. The zero-order valence-corrected chi connectivity index (χ0v) is 10.4. The Morgan fingerprint density at radius 1 is 1.26 bits per heavy atom. The average molecular weight is 281 g/mol. The first kappa shape index (κ1) is 13.2. The van der Waals surface area contributed by atoms with Crippen LogP contribution in [0.25, 0.3) is 0 Å². The van der Waals surface area contributed by atoms with E-state index in [0.717, 1.165) is 6.07 Å². The van der Waals surface area contributed by atoms with Crippen molar-refractivity contribution >= 4 is 28.9 Å². The highest BCUT2D eigenvalue weighted by atomic mass is 35.5. The Hall–Kier alpha value is -2.27. The maximum Gasteiger partial charge on any atom is 0.259 e. The normalized spacial score (nSPS) is 10.2. The third-order valence-corrected chi connectivity index (χ3v) is 2.70. The van der Waals surface area contributed by atoms with Crippen LogP contribution in [0.4, 0.5) is 15.8 Å². The van der Waals surface area contributed by atoms with Crippen LogP contribution in [0, 0.1) is 5.82 Å². The number of nitrogen functional groups attached to an aromatic ring is 1. The highest BCUT2D eigenvalue weighted by Gasteiger charge is 2.13. The Morgan fingerprint density at radius 3 is 2.74 bits per heavy atom. The van der Waals surface area contributed by atoms with Crippen molar-refractivity contribution < 1.29 is 14.3 Å². The highest BCUT2D eigenvalue weighted by molar-refractivity contribution is 6.31. The summed E-state index contributed by atoms with van der Waals surface area (Å²) in [4.78, 5) is 11.9. The summed E-state index contributed by atoms with van der Waals surface area (Å²) in [6.45, 7) is 0. The number of nitrogens with one attached hydrogen (secondary N) is 1. The average Bonchev–Trinajstić information content (AvgIpc) is 2.36. The van der Waals surface area contributed by atoms with Crippen LogP contribution < -0.4 is 11.1 Å². The quantitative estimate of drug-likeness (QED) is 0.740. The molecule has 98 valence electrons. The maximum absolute atomic E-state index is 13.1. The summed E-state index contributed by atoms with van der Waals surface area (Å²) < 4.78 is 13.1. The fourth-order valence-corrected chi connectivity index (χ4v) is 1.69. The number of nitrogens with two attached hydrogens (primary N) is 1. The molecule has 2 aromatic carbocycles. The van der Waals surface area contributed by atoms with E-state index in [9.17, 15) is 14.3 Å². The molecule has 0 aromatic heterocycles. The molecule has 6 heteroatoms. The number of rotatable bonds is 2. The van der Waals surface area contributed by atoms with E-state index < -0.39 is 11.7 Å². The number of anilines is 2. The predicted octanol–water partition coefficient (Wildman–Crippen LogP) is 3.02. The smallest absolute Gasteiger partial charge is 0.259 e. The first-order valence-electron chi connectivity index (χ1n) is 5.32. The molecule has 0 fully saturated rings. The lowest BCUT2D eigenvalue weighted by atomic mass is 10.1. The van der Waals surface area contributed by atoms with Crippen molar-refractivity contribution in [1.29, 1.82) is 0 Å². The molecule has 0 saturated heterocycles. The van der Waals surface area contributed by atoms with Gasteiger partial charge in [0.15, 0.2) is 0 Å². The van der Waals surface area contributed by atoms with Crippen LogP contribution in [0.5, 0.6) is 5.75 Å². The Bertz CT molecular complexity index is 647. The molecule has 0 aliphatic carbocycles. The molecule has 2 rings (SSSR count). The van der Waals surface area contributed by atoms with Crippen LogP contribution in [-0.2, 0) is 0 Å². The van der Waals surface area contributed by atoms with Gasteiger partial charge in [-0.3, -0.25) is 4.79 Å². The van der Waals surface area contributed by atoms with Gasteiger partial charge in [-0.25, -0.2) is 4.39 Å². The molecule has 4 N–H and O–H groups in total. The Kier molecular flexibility index (Phi) is 3.57. The minimum atomic E-state index is -0.628. The van der Waals surface area contributed by atoms with Gasteiger partial charge in [-0.05, 0) is 36.4 Å². The van der Waals surface area contributed by atoms with Gasteiger partial charge < -0.3 is 16.2 Å². The van der Waals surface area contributed by atoms with Gasteiger partial charge in [0.05, 0.1) is 16.9 Å². The topological polar surface area (TPSA) is 75.3 Å². The summed E-state index contributed by atoms with van der Waals surface area (Å²) in [6.07, 6.45) is 0. The van der Waals surface area contributed by atoms with Gasteiger partial charge in [0.1, 0.15) is 11.6 Å². The number of hydrogen-bond acceptors (Lipinski definition) is 3. The molecule has 19 heavy (non-hydrogen) atoms. The summed E-state index contributed by atoms with van der Waals surface area (Å²) >= 11 is 5.74. The van der Waals surface area contributed by atoms with Gasteiger partial charge in [-0.15, -0.1) is 0 Å². The SMILES string of the molecule is Nc1ccc(F)cc1NC(=O)c1cc(Cl)ccc1O. The van der Waals surface area contributed by atoms with Crippen LogP contribution in [-0.4, -0.2) is 11.0 Å². The molecule has 0 aliphatic rings. The lowest BCUT2D eigenvalue weighted by Crippen LogP contribution is -2.13. The molecular weight excluding hydrogens is 271 g/mol. The number of benzene rings is 2. The fraction of sp³-hybridized carbons (Fsp3) is 0. The lowest BCUT2D eigenvalue weighted by Gasteiger charge is -2.09. The zero-order valence-electron chi connectivity index (χ0n) is 9.65. The van der Waals surface area contributed by atoms with Gasteiger partial charge in [0.25, 0.3) is 5.91 Å². The van der Waals surface area contributed by atoms with E-state index in [1.165, 1.54) is 30.3 Å². The Balaban J connectivity index is 2.30. The largest absolute Gasteiger partial charge is 0.507 e.